The monoisotopic (exact) mass is 232 g/mol. The van der Waals surface area contributed by atoms with Crippen LogP contribution in [0.25, 0.3) is 0 Å². The van der Waals surface area contributed by atoms with Crippen LogP contribution in [0.1, 0.15) is 34.1 Å². The summed E-state index contributed by atoms with van der Waals surface area (Å²) in [6.45, 7) is 7.44. The van der Waals surface area contributed by atoms with Crippen LogP contribution in [-0.2, 0) is 9.53 Å². The minimum atomic E-state index is -0.480. The van der Waals surface area contributed by atoms with Crippen molar-refractivity contribution in [2.45, 2.75) is 34.1 Å². The van der Waals surface area contributed by atoms with E-state index in [1.54, 1.807) is 0 Å². The number of carbonyl (C=O) groups excluding carboxylic acids is 1. The molecule has 0 aromatic heterocycles. The van der Waals surface area contributed by atoms with E-state index >= 15 is 0 Å². The van der Waals surface area contributed by atoms with Crippen molar-refractivity contribution in [3.8, 4) is 0 Å². The Balaban J connectivity index is 5.04. The lowest BCUT2D eigenvalue weighted by Crippen LogP contribution is -2.29. The number of hydrogen-bond donors (Lipinski definition) is 0. The highest BCUT2D eigenvalue weighted by Gasteiger charge is 2.27. The molecule has 0 bridgehead atoms. The third kappa shape index (κ3) is 4.93. The summed E-state index contributed by atoms with van der Waals surface area (Å²) < 4.78 is 4.62. The van der Waals surface area contributed by atoms with Crippen molar-refractivity contribution in [2.75, 3.05) is 7.11 Å². The Hall–Kier alpha value is -0.900. The highest BCUT2D eigenvalue weighted by molar-refractivity contribution is 6.65. The fraction of sp³-hybridized carbons (Fsp3) is 0.700. The van der Waals surface area contributed by atoms with Gasteiger partial charge in [-0.15, -0.1) is 10.2 Å². The van der Waals surface area contributed by atoms with Crippen molar-refractivity contribution in [2.24, 2.45) is 15.6 Å². The molecule has 0 saturated heterocycles. The summed E-state index contributed by atoms with van der Waals surface area (Å²) in [5.41, 5.74) is -0.154. The molecule has 0 amide bonds. The second-order valence-corrected chi connectivity index (χ2v) is 4.46. The lowest BCUT2D eigenvalue weighted by Gasteiger charge is -2.17. The van der Waals surface area contributed by atoms with Crippen LogP contribution in [0.3, 0.4) is 0 Å². The zero-order chi connectivity index (χ0) is 12.1. The number of ether oxygens (including phenoxy) is 1. The molecule has 0 aromatic carbocycles. The SMILES string of the molecule is CCC(Cl)=NN=C(C(=O)OC)C(C)(C)C. The van der Waals surface area contributed by atoms with Crippen molar-refractivity contribution in [1.82, 2.24) is 0 Å². The maximum absolute atomic E-state index is 11.4. The van der Waals surface area contributed by atoms with Crippen molar-refractivity contribution < 1.29 is 9.53 Å². The summed E-state index contributed by atoms with van der Waals surface area (Å²) in [7, 11) is 1.31. The highest BCUT2D eigenvalue weighted by atomic mass is 35.5. The maximum Gasteiger partial charge on any atom is 0.354 e. The van der Waals surface area contributed by atoms with E-state index in [0.29, 0.717) is 11.6 Å². The van der Waals surface area contributed by atoms with E-state index in [4.69, 9.17) is 11.6 Å². The smallest absolute Gasteiger partial charge is 0.354 e. The number of methoxy groups -OCH3 is 1. The van der Waals surface area contributed by atoms with Crippen molar-refractivity contribution in [3.63, 3.8) is 0 Å². The Labute approximate surface area is 95.4 Å². The van der Waals surface area contributed by atoms with Gasteiger partial charge in [-0.1, -0.05) is 39.3 Å². The van der Waals surface area contributed by atoms with Gasteiger partial charge in [0, 0.05) is 5.41 Å². The van der Waals surface area contributed by atoms with Crippen LogP contribution in [0.4, 0.5) is 0 Å². The van der Waals surface area contributed by atoms with Crippen LogP contribution in [-0.4, -0.2) is 24.0 Å². The second-order valence-electron chi connectivity index (χ2n) is 4.02. The summed E-state index contributed by atoms with van der Waals surface area (Å²) in [6.07, 6.45) is 0.587. The van der Waals surface area contributed by atoms with E-state index < -0.39 is 11.4 Å². The molecule has 0 radical (unpaired) electrons. The molecule has 0 aliphatic rings. The quantitative estimate of drug-likeness (QED) is 0.427. The van der Waals surface area contributed by atoms with Gasteiger partial charge in [-0.05, 0) is 6.42 Å². The summed E-state index contributed by atoms with van der Waals surface area (Å²) in [5.74, 6) is -0.480. The third-order valence-electron chi connectivity index (χ3n) is 1.64. The maximum atomic E-state index is 11.4. The third-order valence-corrected chi connectivity index (χ3v) is 1.98. The first-order valence-electron chi connectivity index (χ1n) is 4.71. The Kier molecular flexibility index (Phi) is 5.50. The molecule has 0 aliphatic carbocycles. The predicted molar refractivity (Wildman–Crippen MR) is 62.5 cm³/mol. The summed E-state index contributed by atoms with van der Waals surface area (Å²) in [4.78, 5) is 11.4. The Bertz CT molecular complexity index is 290. The average molecular weight is 233 g/mol. The zero-order valence-electron chi connectivity index (χ0n) is 9.80. The zero-order valence-corrected chi connectivity index (χ0v) is 10.6. The van der Waals surface area contributed by atoms with Gasteiger partial charge < -0.3 is 4.74 Å². The summed E-state index contributed by atoms with van der Waals surface area (Å²) >= 11 is 5.70. The van der Waals surface area contributed by atoms with Crippen LogP contribution in [0, 0.1) is 5.41 Å². The Morgan fingerprint density at radius 1 is 1.33 bits per heavy atom. The van der Waals surface area contributed by atoms with Gasteiger partial charge in [0.05, 0.1) is 7.11 Å². The Morgan fingerprint density at radius 2 is 1.87 bits per heavy atom. The fourth-order valence-electron chi connectivity index (χ4n) is 0.769. The standard InChI is InChI=1S/C10H17ClN2O2/c1-6-7(11)12-13-8(9(14)15-5)10(2,3)4/h6H2,1-5H3. The van der Waals surface area contributed by atoms with Crippen LogP contribution >= 0.6 is 11.6 Å². The van der Waals surface area contributed by atoms with Gasteiger partial charge in [0.15, 0.2) is 5.71 Å². The molecule has 0 unspecified atom stereocenters. The van der Waals surface area contributed by atoms with Gasteiger partial charge in [0.25, 0.3) is 0 Å². The number of halogens is 1. The number of hydrogen-bond acceptors (Lipinski definition) is 4. The topological polar surface area (TPSA) is 51.0 Å². The van der Waals surface area contributed by atoms with Gasteiger partial charge >= 0.3 is 5.97 Å². The van der Waals surface area contributed by atoms with Crippen molar-refractivity contribution in [3.05, 3.63) is 0 Å². The molecule has 5 heteroatoms. The van der Waals surface area contributed by atoms with Gasteiger partial charge in [-0.3, -0.25) is 0 Å². The van der Waals surface area contributed by atoms with Gasteiger partial charge in [-0.2, -0.15) is 0 Å². The summed E-state index contributed by atoms with van der Waals surface area (Å²) in [6, 6.07) is 0. The second kappa shape index (κ2) is 5.85. The molecule has 0 spiro atoms. The number of nitrogens with zero attached hydrogens (tertiary/aromatic N) is 2. The van der Waals surface area contributed by atoms with Crippen LogP contribution in [0.5, 0.6) is 0 Å². The molecule has 4 nitrogen and oxygen atoms in total. The van der Waals surface area contributed by atoms with E-state index in [-0.39, 0.29) is 5.71 Å². The predicted octanol–water partition coefficient (Wildman–Crippen LogP) is 2.61. The van der Waals surface area contributed by atoms with Crippen molar-refractivity contribution in [1.29, 1.82) is 0 Å². The molecule has 0 rings (SSSR count). The van der Waals surface area contributed by atoms with Gasteiger partial charge in [0.2, 0.25) is 0 Å². The van der Waals surface area contributed by atoms with Crippen molar-refractivity contribution >= 4 is 28.5 Å². The van der Waals surface area contributed by atoms with E-state index in [1.807, 2.05) is 27.7 Å². The molecule has 0 aromatic rings. The highest BCUT2D eigenvalue weighted by Crippen LogP contribution is 2.17. The van der Waals surface area contributed by atoms with E-state index in [9.17, 15) is 4.79 Å². The van der Waals surface area contributed by atoms with E-state index in [1.165, 1.54) is 7.11 Å². The van der Waals surface area contributed by atoms with Crippen LogP contribution < -0.4 is 0 Å². The molecular weight excluding hydrogens is 216 g/mol. The molecule has 0 aliphatic heterocycles. The molecule has 86 valence electrons. The first kappa shape index (κ1) is 14.1. The van der Waals surface area contributed by atoms with E-state index in [2.05, 4.69) is 14.9 Å². The molecule has 0 heterocycles. The Morgan fingerprint density at radius 3 is 2.20 bits per heavy atom. The number of esters is 1. The molecule has 0 saturated carbocycles. The van der Waals surface area contributed by atoms with Crippen LogP contribution in [0.15, 0.2) is 10.2 Å². The van der Waals surface area contributed by atoms with Gasteiger partial charge in [-0.25, -0.2) is 4.79 Å². The first-order valence-corrected chi connectivity index (χ1v) is 5.09. The molecule has 15 heavy (non-hydrogen) atoms. The minimum Gasteiger partial charge on any atom is -0.464 e. The number of rotatable bonds is 3. The minimum absolute atomic E-state index is 0.261. The molecule has 0 fully saturated rings. The largest absolute Gasteiger partial charge is 0.464 e. The molecule has 0 atom stereocenters. The lowest BCUT2D eigenvalue weighted by atomic mass is 9.90. The first-order chi connectivity index (χ1) is 6.82. The molecular formula is C10H17ClN2O2. The van der Waals surface area contributed by atoms with Crippen LogP contribution in [0.2, 0.25) is 0 Å². The molecule has 0 N–H and O–H groups in total. The fourth-order valence-corrected chi connectivity index (χ4v) is 0.806. The number of carbonyl (C=O) groups is 1. The van der Waals surface area contributed by atoms with Gasteiger partial charge in [0.1, 0.15) is 5.17 Å². The van der Waals surface area contributed by atoms with E-state index in [0.717, 1.165) is 0 Å². The average Bonchev–Trinajstić information content (AvgIpc) is 2.15. The summed E-state index contributed by atoms with van der Waals surface area (Å²) in [5, 5.41) is 7.94. The lowest BCUT2D eigenvalue weighted by molar-refractivity contribution is -0.133. The normalized spacial score (nSPS) is 14.0.